The lowest BCUT2D eigenvalue weighted by Gasteiger charge is -2.21. The van der Waals surface area contributed by atoms with Gasteiger partial charge < -0.3 is 0 Å². The van der Waals surface area contributed by atoms with E-state index in [2.05, 4.69) is 135 Å². The molecule has 202 valence electrons. The molecule has 0 N–H and O–H groups in total. The minimum absolute atomic E-state index is 0.0520. The summed E-state index contributed by atoms with van der Waals surface area (Å²) in [6.07, 6.45) is 0. The number of benzene rings is 5. The molecule has 0 aliphatic heterocycles. The smallest absolute Gasteiger partial charge is 0.0972 e. The third kappa shape index (κ3) is 3.65. The van der Waals surface area contributed by atoms with Gasteiger partial charge in [0, 0.05) is 38.1 Å². The highest BCUT2D eigenvalue weighted by atomic mass is 14.8. The van der Waals surface area contributed by atoms with Crippen LogP contribution in [0.4, 0.5) is 0 Å². The highest BCUT2D eigenvalue weighted by Crippen LogP contribution is 2.49. The largest absolute Gasteiger partial charge is 0.248 e. The van der Waals surface area contributed by atoms with Gasteiger partial charge in [-0.15, -0.1) is 0 Å². The number of hydrogen-bond donors (Lipinski definition) is 0. The monoisotopic (exact) mass is 549 g/mol. The van der Waals surface area contributed by atoms with Crippen LogP contribution in [0.25, 0.3) is 77.3 Å². The Morgan fingerprint density at radius 1 is 0.419 bits per heavy atom. The summed E-state index contributed by atoms with van der Waals surface area (Å²) < 4.78 is 0. The van der Waals surface area contributed by atoms with Gasteiger partial charge in [0.1, 0.15) is 0 Å². The van der Waals surface area contributed by atoms with E-state index in [4.69, 9.17) is 15.0 Å². The van der Waals surface area contributed by atoms with E-state index in [-0.39, 0.29) is 5.41 Å². The molecule has 0 saturated heterocycles. The van der Waals surface area contributed by atoms with Crippen LogP contribution in [-0.2, 0) is 5.41 Å². The molecule has 3 aromatic heterocycles. The second-order valence-electron chi connectivity index (χ2n) is 12.1. The Balaban J connectivity index is 1.17. The van der Waals surface area contributed by atoms with Crippen molar-refractivity contribution in [3.8, 4) is 33.6 Å². The second kappa shape index (κ2) is 8.80. The van der Waals surface area contributed by atoms with E-state index in [1.165, 1.54) is 22.3 Å². The molecule has 0 unspecified atom stereocenters. The van der Waals surface area contributed by atoms with Gasteiger partial charge in [-0.05, 0) is 64.7 Å². The van der Waals surface area contributed by atoms with Gasteiger partial charge in [-0.3, -0.25) is 0 Å². The van der Waals surface area contributed by atoms with Crippen molar-refractivity contribution in [2.24, 2.45) is 0 Å². The Bertz CT molecular complexity index is 2440. The Morgan fingerprint density at radius 3 is 1.81 bits per heavy atom. The van der Waals surface area contributed by atoms with Gasteiger partial charge in [0.25, 0.3) is 0 Å². The zero-order valence-corrected chi connectivity index (χ0v) is 24.0. The molecule has 0 radical (unpaired) electrons. The predicted molar refractivity (Wildman–Crippen MR) is 178 cm³/mol. The van der Waals surface area contributed by atoms with Crippen LogP contribution in [0.15, 0.2) is 127 Å². The molecule has 0 saturated carbocycles. The van der Waals surface area contributed by atoms with E-state index in [1.54, 1.807) is 0 Å². The van der Waals surface area contributed by atoms with Gasteiger partial charge in [-0.2, -0.15) is 0 Å². The normalized spacial score (nSPS) is 13.5. The van der Waals surface area contributed by atoms with Crippen molar-refractivity contribution in [2.75, 3.05) is 0 Å². The van der Waals surface area contributed by atoms with E-state index in [0.717, 1.165) is 66.1 Å². The number of aromatic nitrogens is 3. The van der Waals surface area contributed by atoms with Crippen LogP contribution >= 0.6 is 0 Å². The average Bonchev–Trinajstić information content (AvgIpc) is 3.28. The fourth-order valence-corrected chi connectivity index (χ4v) is 6.89. The lowest BCUT2D eigenvalue weighted by atomic mass is 9.82. The summed E-state index contributed by atoms with van der Waals surface area (Å²) in [5.41, 5.74) is 13.3. The fraction of sp³-hybridized carbons (Fsp3) is 0.0750. The Morgan fingerprint density at radius 2 is 1.02 bits per heavy atom. The summed E-state index contributed by atoms with van der Waals surface area (Å²) >= 11 is 0. The van der Waals surface area contributed by atoms with Crippen molar-refractivity contribution in [1.29, 1.82) is 0 Å². The molecule has 0 spiro atoms. The third-order valence-corrected chi connectivity index (χ3v) is 9.21. The summed E-state index contributed by atoms with van der Waals surface area (Å²) in [5, 5.41) is 4.42. The molecule has 8 aromatic rings. The molecule has 9 rings (SSSR count). The SMILES string of the molecule is CC1(C)c2ccccc2-c2ccc(-c3ccc4ccc5ccc(-c6ccc7nc8ccccc8cc7c6)nc5c4n3)cc21. The van der Waals surface area contributed by atoms with Crippen molar-refractivity contribution >= 4 is 43.6 Å². The van der Waals surface area contributed by atoms with Gasteiger partial charge in [0.2, 0.25) is 0 Å². The molecular formula is C40H27N3. The van der Waals surface area contributed by atoms with Gasteiger partial charge in [-0.1, -0.05) is 98.8 Å². The Kier molecular flexibility index (Phi) is 4.95. The first-order valence-electron chi connectivity index (χ1n) is 14.8. The molecule has 3 heteroatoms. The molecule has 0 amide bonds. The van der Waals surface area contributed by atoms with Crippen molar-refractivity contribution < 1.29 is 0 Å². The molecule has 3 heterocycles. The van der Waals surface area contributed by atoms with Crippen molar-refractivity contribution in [2.45, 2.75) is 19.3 Å². The van der Waals surface area contributed by atoms with E-state index >= 15 is 0 Å². The maximum atomic E-state index is 5.24. The number of fused-ring (bicyclic) bond motifs is 8. The molecule has 1 aliphatic rings. The summed E-state index contributed by atoms with van der Waals surface area (Å²) in [5.74, 6) is 0. The molecule has 0 fully saturated rings. The number of pyridine rings is 3. The van der Waals surface area contributed by atoms with Crippen LogP contribution in [0.2, 0.25) is 0 Å². The van der Waals surface area contributed by atoms with E-state index in [1.807, 2.05) is 6.07 Å². The van der Waals surface area contributed by atoms with E-state index in [0.29, 0.717) is 0 Å². The highest BCUT2D eigenvalue weighted by Gasteiger charge is 2.35. The average molecular weight is 550 g/mol. The highest BCUT2D eigenvalue weighted by molar-refractivity contribution is 6.04. The Hall–Kier alpha value is -5.41. The molecule has 3 nitrogen and oxygen atoms in total. The summed E-state index contributed by atoms with van der Waals surface area (Å²) in [6.45, 7) is 4.64. The Labute approximate surface area is 249 Å². The fourth-order valence-electron chi connectivity index (χ4n) is 6.89. The molecule has 0 bridgehead atoms. The quantitative estimate of drug-likeness (QED) is 0.159. The molecule has 1 aliphatic carbocycles. The van der Waals surface area contributed by atoms with Crippen molar-refractivity contribution in [3.05, 3.63) is 139 Å². The standard InChI is InChI=1S/C40H27N3/c1-40(2)32-9-5-4-8-30(32)31-17-13-28(23-33(31)40)36-19-15-25-12-11-24-14-18-35(42-38(24)39(25)43-36)27-16-20-37-29(22-27)21-26-7-3-6-10-34(26)41-37/h3-23H,1-2H3. The number of nitrogens with zero attached hydrogens (tertiary/aromatic N) is 3. The van der Waals surface area contributed by atoms with Gasteiger partial charge in [-0.25, -0.2) is 15.0 Å². The third-order valence-electron chi connectivity index (χ3n) is 9.21. The zero-order valence-electron chi connectivity index (χ0n) is 24.0. The molecular weight excluding hydrogens is 522 g/mol. The maximum Gasteiger partial charge on any atom is 0.0972 e. The first-order chi connectivity index (χ1) is 21.0. The van der Waals surface area contributed by atoms with Crippen LogP contribution in [0.5, 0.6) is 0 Å². The van der Waals surface area contributed by atoms with Crippen LogP contribution in [-0.4, -0.2) is 15.0 Å². The predicted octanol–water partition coefficient (Wildman–Crippen LogP) is 10.1. The van der Waals surface area contributed by atoms with Crippen molar-refractivity contribution in [1.82, 2.24) is 15.0 Å². The van der Waals surface area contributed by atoms with Crippen LogP contribution < -0.4 is 0 Å². The van der Waals surface area contributed by atoms with Gasteiger partial charge in [0.05, 0.1) is 33.5 Å². The first kappa shape index (κ1) is 24.2. The summed E-state index contributed by atoms with van der Waals surface area (Å²) in [6, 6.07) is 45.3. The van der Waals surface area contributed by atoms with Gasteiger partial charge in [0.15, 0.2) is 0 Å². The zero-order chi connectivity index (χ0) is 28.7. The molecule has 0 atom stereocenters. The summed E-state index contributed by atoms with van der Waals surface area (Å²) in [4.78, 5) is 15.3. The summed E-state index contributed by atoms with van der Waals surface area (Å²) in [7, 11) is 0. The number of hydrogen-bond acceptors (Lipinski definition) is 3. The first-order valence-corrected chi connectivity index (χ1v) is 14.8. The van der Waals surface area contributed by atoms with Crippen LogP contribution in [0.3, 0.4) is 0 Å². The minimum atomic E-state index is -0.0520. The lowest BCUT2D eigenvalue weighted by molar-refractivity contribution is 0.660. The number of para-hydroxylation sites is 1. The number of rotatable bonds is 2. The topological polar surface area (TPSA) is 38.7 Å². The van der Waals surface area contributed by atoms with Gasteiger partial charge >= 0.3 is 0 Å². The minimum Gasteiger partial charge on any atom is -0.248 e. The van der Waals surface area contributed by atoms with Crippen LogP contribution in [0, 0.1) is 0 Å². The van der Waals surface area contributed by atoms with Crippen molar-refractivity contribution in [3.63, 3.8) is 0 Å². The van der Waals surface area contributed by atoms with Crippen LogP contribution in [0.1, 0.15) is 25.0 Å². The second-order valence-corrected chi connectivity index (χ2v) is 12.1. The molecule has 5 aromatic carbocycles. The van der Waals surface area contributed by atoms with E-state index < -0.39 is 0 Å². The maximum absolute atomic E-state index is 5.24. The lowest BCUT2D eigenvalue weighted by Crippen LogP contribution is -2.14. The molecule has 43 heavy (non-hydrogen) atoms. The van der Waals surface area contributed by atoms with E-state index in [9.17, 15) is 0 Å².